The topological polar surface area (TPSA) is 48.2 Å². The average molecular weight is 305 g/mol. The molecule has 5 heteroatoms. The van der Waals surface area contributed by atoms with Gasteiger partial charge in [0.15, 0.2) is 0 Å². The Hall–Kier alpha value is -2.07. The van der Waals surface area contributed by atoms with E-state index < -0.39 is 0 Å². The molecule has 2 heterocycles. The summed E-state index contributed by atoms with van der Waals surface area (Å²) in [5.74, 6) is 0.776. The van der Waals surface area contributed by atoms with Crippen LogP contribution in [0, 0.1) is 6.92 Å². The van der Waals surface area contributed by atoms with Crippen LogP contribution in [-0.2, 0) is 0 Å². The summed E-state index contributed by atoms with van der Waals surface area (Å²) in [4.78, 5) is 4.54. The molecule has 0 aliphatic rings. The molecule has 0 aliphatic carbocycles. The second-order valence-corrected chi connectivity index (χ2v) is 4.57. The SMILES string of the molecule is CC.COc1cccc(-c2cc(Cl)c3onc(C)c3n2)c1. The highest BCUT2D eigenvalue weighted by atomic mass is 35.5. The summed E-state index contributed by atoms with van der Waals surface area (Å²) in [6.45, 7) is 5.84. The van der Waals surface area contributed by atoms with Crippen LogP contribution in [0.15, 0.2) is 34.9 Å². The molecule has 0 saturated carbocycles. The van der Waals surface area contributed by atoms with Gasteiger partial charge >= 0.3 is 0 Å². The van der Waals surface area contributed by atoms with Crippen molar-refractivity contribution in [2.75, 3.05) is 7.11 Å². The average Bonchev–Trinajstić information content (AvgIpc) is 2.91. The highest BCUT2D eigenvalue weighted by Gasteiger charge is 2.13. The Morgan fingerprint density at radius 3 is 2.67 bits per heavy atom. The largest absolute Gasteiger partial charge is 0.497 e. The number of methoxy groups -OCH3 is 1. The van der Waals surface area contributed by atoms with Gasteiger partial charge in [0.1, 0.15) is 17.0 Å². The number of hydrogen-bond acceptors (Lipinski definition) is 4. The highest BCUT2D eigenvalue weighted by Crippen LogP contribution is 2.30. The number of rotatable bonds is 2. The molecule has 1 aromatic carbocycles. The van der Waals surface area contributed by atoms with Crippen molar-refractivity contribution in [3.05, 3.63) is 41.0 Å². The van der Waals surface area contributed by atoms with Crippen LogP contribution in [0.4, 0.5) is 0 Å². The molecule has 21 heavy (non-hydrogen) atoms. The zero-order valence-corrected chi connectivity index (χ0v) is 13.2. The van der Waals surface area contributed by atoms with Gasteiger partial charge in [-0.3, -0.25) is 0 Å². The smallest absolute Gasteiger partial charge is 0.204 e. The van der Waals surface area contributed by atoms with Crippen LogP contribution >= 0.6 is 11.6 Å². The van der Waals surface area contributed by atoms with E-state index in [1.54, 1.807) is 13.2 Å². The van der Waals surface area contributed by atoms with E-state index in [2.05, 4.69) is 10.1 Å². The molecule has 2 aromatic heterocycles. The van der Waals surface area contributed by atoms with Crippen LogP contribution in [0.1, 0.15) is 19.5 Å². The Balaban J connectivity index is 0.000000774. The molecule has 0 bridgehead atoms. The van der Waals surface area contributed by atoms with E-state index >= 15 is 0 Å². The Bertz CT molecular complexity index is 753. The minimum absolute atomic E-state index is 0.503. The third-order valence-electron chi connectivity index (χ3n) is 2.91. The van der Waals surface area contributed by atoms with Crippen LogP contribution in [0.2, 0.25) is 5.02 Å². The molecule has 3 rings (SSSR count). The summed E-state index contributed by atoms with van der Waals surface area (Å²) in [6.07, 6.45) is 0. The monoisotopic (exact) mass is 304 g/mol. The van der Waals surface area contributed by atoms with E-state index in [9.17, 15) is 0 Å². The second-order valence-electron chi connectivity index (χ2n) is 4.17. The number of aryl methyl sites for hydroxylation is 1. The lowest BCUT2D eigenvalue weighted by Gasteiger charge is -2.04. The quantitative estimate of drug-likeness (QED) is 0.676. The number of hydrogen-bond donors (Lipinski definition) is 0. The molecule has 110 valence electrons. The van der Waals surface area contributed by atoms with E-state index in [1.165, 1.54) is 0 Å². The van der Waals surface area contributed by atoms with Crippen LogP contribution in [0.25, 0.3) is 22.4 Å². The molecule has 0 atom stereocenters. The zero-order chi connectivity index (χ0) is 15.4. The number of pyridine rings is 1. The summed E-state index contributed by atoms with van der Waals surface area (Å²) >= 11 is 6.19. The van der Waals surface area contributed by atoms with Crippen molar-refractivity contribution in [1.29, 1.82) is 0 Å². The lowest BCUT2D eigenvalue weighted by molar-refractivity contribution is 0.415. The van der Waals surface area contributed by atoms with Crippen molar-refractivity contribution in [2.24, 2.45) is 0 Å². The van der Waals surface area contributed by atoms with Gasteiger partial charge in [-0.2, -0.15) is 0 Å². The molecular formula is C16H17ClN2O2. The summed E-state index contributed by atoms with van der Waals surface area (Å²) in [7, 11) is 1.63. The number of nitrogens with zero attached hydrogens (tertiary/aromatic N) is 2. The van der Waals surface area contributed by atoms with Gasteiger partial charge in [-0.25, -0.2) is 4.98 Å². The molecule has 0 fully saturated rings. The fourth-order valence-corrected chi connectivity index (χ4v) is 2.15. The third kappa shape index (κ3) is 3.00. The van der Waals surface area contributed by atoms with Crippen LogP contribution < -0.4 is 4.74 Å². The lowest BCUT2D eigenvalue weighted by atomic mass is 10.1. The highest BCUT2D eigenvalue weighted by molar-refractivity contribution is 6.35. The van der Waals surface area contributed by atoms with Crippen LogP contribution in [-0.4, -0.2) is 17.3 Å². The number of benzene rings is 1. The minimum Gasteiger partial charge on any atom is -0.497 e. The normalized spacial score (nSPS) is 10.1. The molecule has 0 unspecified atom stereocenters. The van der Waals surface area contributed by atoms with Gasteiger partial charge in [0.25, 0.3) is 0 Å². The number of halogens is 1. The third-order valence-corrected chi connectivity index (χ3v) is 3.19. The maximum absolute atomic E-state index is 6.19. The Morgan fingerprint density at radius 2 is 1.95 bits per heavy atom. The van der Waals surface area contributed by atoms with Crippen molar-refractivity contribution in [2.45, 2.75) is 20.8 Å². The van der Waals surface area contributed by atoms with Gasteiger partial charge in [0.05, 0.1) is 17.8 Å². The van der Waals surface area contributed by atoms with Gasteiger partial charge in [-0.1, -0.05) is 42.7 Å². The second kappa shape index (κ2) is 6.59. The maximum Gasteiger partial charge on any atom is 0.204 e. The molecule has 0 spiro atoms. The summed E-state index contributed by atoms with van der Waals surface area (Å²) in [5, 5.41) is 4.38. The van der Waals surface area contributed by atoms with E-state index in [0.29, 0.717) is 16.1 Å². The minimum atomic E-state index is 0.503. The zero-order valence-electron chi connectivity index (χ0n) is 12.5. The Morgan fingerprint density at radius 1 is 1.19 bits per heavy atom. The molecule has 0 radical (unpaired) electrons. The predicted molar refractivity (Wildman–Crippen MR) is 84.9 cm³/mol. The lowest BCUT2D eigenvalue weighted by Crippen LogP contribution is -1.88. The molecular weight excluding hydrogens is 288 g/mol. The van der Waals surface area contributed by atoms with Crippen molar-refractivity contribution < 1.29 is 9.26 Å². The van der Waals surface area contributed by atoms with Crippen LogP contribution in [0.5, 0.6) is 5.75 Å². The van der Waals surface area contributed by atoms with Crippen molar-refractivity contribution in [1.82, 2.24) is 10.1 Å². The van der Waals surface area contributed by atoms with Crippen molar-refractivity contribution >= 4 is 22.7 Å². The first-order valence-electron chi connectivity index (χ1n) is 6.76. The molecule has 0 N–H and O–H groups in total. The molecule has 0 saturated heterocycles. The van der Waals surface area contributed by atoms with Gasteiger partial charge in [0, 0.05) is 5.56 Å². The molecule has 3 aromatic rings. The van der Waals surface area contributed by atoms with Crippen LogP contribution in [0.3, 0.4) is 0 Å². The molecule has 0 aliphatic heterocycles. The Kier molecular flexibility index (Phi) is 4.81. The Labute approximate surface area is 128 Å². The predicted octanol–water partition coefficient (Wildman–Crippen LogP) is 4.89. The van der Waals surface area contributed by atoms with Gasteiger partial charge in [0.2, 0.25) is 5.58 Å². The summed E-state index contributed by atoms with van der Waals surface area (Å²) in [5.41, 5.74) is 3.63. The number of ether oxygens (including phenoxy) is 1. The standard InChI is InChI=1S/C14H11ClN2O2.C2H6/c1-8-13-14(19-17-8)11(15)7-12(16-13)9-4-3-5-10(6-9)18-2;1-2/h3-7H,1-2H3;1-2H3. The maximum atomic E-state index is 6.19. The van der Waals surface area contributed by atoms with E-state index in [4.69, 9.17) is 20.9 Å². The van der Waals surface area contributed by atoms with Crippen molar-refractivity contribution in [3.63, 3.8) is 0 Å². The first kappa shape index (κ1) is 15.3. The van der Waals surface area contributed by atoms with E-state index in [-0.39, 0.29) is 0 Å². The number of fused-ring (bicyclic) bond motifs is 1. The fraction of sp³-hybridized carbons (Fsp3) is 0.250. The fourth-order valence-electron chi connectivity index (χ4n) is 1.92. The first-order chi connectivity index (χ1) is 10.2. The van der Waals surface area contributed by atoms with E-state index in [0.717, 1.165) is 22.7 Å². The molecule has 4 nitrogen and oxygen atoms in total. The molecule has 0 amide bonds. The van der Waals surface area contributed by atoms with Crippen molar-refractivity contribution in [3.8, 4) is 17.0 Å². The summed E-state index contributed by atoms with van der Waals surface area (Å²) in [6, 6.07) is 9.43. The van der Waals surface area contributed by atoms with Gasteiger partial charge in [-0.05, 0) is 25.1 Å². The number of aromatic nitrogens is 2. The van der Waals surface area contributed by atoms with E-state index in [1.807, 2.05) is 45.0 Å². The summed E-state index contributed by atoms with van der Waals surface area (Å²) < 4.78 is 10.4. The van der Waals surface area contributed by atoms with Gasteiger partial charge < -0.3 is 9.26 Å². The van der Waals surface area contributed by atoms with Gasteiger partial charge in [-0.15, -0.1) is 0 Å². The first-order valence-corrected chi connectivity index (χ1v) is 7.14.